The first-order valence-corrected chi connectivity index (χ1v) is 12.4. The third kappa shape index (κ3) is 4.90. The highest BCUT2D eigenvalue weighted by Gasteiger charge is 2.27. The van der Waals surface area contributed by atoms with Gasteiger partial charge in [-0.2, -0.15) is 0 Å². The lowest BCUT2D eigenvalue weighted by atomic mass is 9.98. The zero-order valence-corrected chi connectivity index (χ0v) is 18.3. The Hall–Kier alpha value is -0.880. The van der Waals surface area contributed by atoms with Crippen LogP contribution < -0.4 is 0 Å². The second-order valence-corrected chi connectivity index (χ2v) is 9.79. The summed E-state index contributed by atoms with van der Waals surface area (Å²) < 4.78 is 6.08. The van der Waals surface area contributed by atoms with Crippen LogP contribution in [0.4, 0.5) is 0 Å². The molecule has 1 unspecified atom stereocenters. The highest BCUT2D eigenvalue weighted by molar-refractivity contribution is 5.38. The molecular weight excluding hydrogens is 360 g/mol. The summed E-state index contributed by atoms with van der Waals surface area (Å²) in [5.41, 5.74) is 6.29. The van der Waals surface area contributed by atoms with Crippen molar-refractivity contribution in [2.75, 3.05) is 52.4 Å². The zero-order chi connectivity index (χ0) is 19.5. The Morgan fingerprint density at radius 2 is 1.41 bits per heavy atom. The van der Waals surface area contributed by atoms with Gasteiger partial charge in [-0.05, 0) is 95.3 Å². The van der Waals surface area contributed by atoms with Crippen LogP contribution >= 0.6 is 0 Å². The van der Waals surface area contributed by atoms with Gasteiger partial charge in [0.15, 0.2) is 0 Å². The summed E-state index contributed by atoms with van der Waals surface area (Å²) in [5.74, 6) is 0. The van der Waals surface area contributed by atoms with E-state index in [0.29, 0.717) is 6.10 Å². The maximum absolute atomic E-state index is 6.08. The number of H-pyrrole nitrogens is 1. The summed E-state index contributed by atoms with van der Waals surface area (Å²) in [6.45, 7) is 12.1. The van der Waals surface area contributed by atoms with Crippen molar-refractivity contribution in [3.05, 3.63) is 22.5 Å². The zero-order valence-electron chi connectivity index (χ0n) is 18.3. The van der Waals surface area contributed by atoms with Crippen molar-refractivity contribution in [3.8, 4) is 0 Å². The average Bonchev–Trinajstić information content (AvgIpc) is 3.48. The van der Waals surface area contributed by atoms with Gasteiger partial charge in [0.05, 0.1) is 6.10 Å². The highest BCUT2D eigenvalue weighted by atomic mass is 16.5. The third-order valence-corrected chi connectivity index (χ3v) is 7.64. The topological polar surface area (TPSA) is 34.7 Å². The second-order valence-electron chi connectivity index (χ2n) is 9.79. The van der Waals surface area contributed by atoms with Gasteiger partial charge in [0, 0.05) is 50.5 Å². The van der Waals surface area contributed by atoms with Crippen LogP contribution in [0.25, 0.3) is 0 Å². The minimum Gasteiger partial charge on any atom is -0.378 e. The first kappa shape index (κ1) is 20.0. The largest absolute Gasteiger partial charge is 0.378 e. The summed E-state index contributed by atoms with van der Waals surface area (Å²) in [4.78, 5) is 11.9. The van der Waals surface area contributed by atoms with E-state index in [1.54, 1.807) is 11.1 Å². The van der Waals surface area contributed by atoms with Crippen molar-refractivity contribution < 1.29 is 4.74 Å². The summed E-state index contributed by atoms with van der Waals surface area (Å²) in [7, 11) is 0. The Morgan fingerprint density at radius 1 is 0.724 bits per heavy atom. The number of likely N-dealkylation sites (tertiary alicyclic amines) is 3. The van der Waals surface area contributed by atoms with Gasteiger partial charge in [-0.1, -0.05) is 0 Å². The third-order valence-electron chi connectivity index (χ3n) is 7.64. The number of nitrogens with zero attached hydrogens (tertiary/aromatic N) is 3. The number of rotatable bonds is 9. The Labute approximate surface area is 176 Å². The molecule has 1 atom stereocenters. The number of hydrogen-bond acceptors (Lipinski definition) is 4. The molecule has 4 aliphatic heterocycles. The molecule has 1 N–H and O–H groups in total. The summed E-state index contributed by atoms with van der Waals surface area (Å²) >= 11 is 0. The summed E-state index contributed by atoms with van der Waals surface area (Å²) in [6, 6.07) is 0. The van der Waals surface area contributed by atoms with Crippen molar-refractivity contribution in [2.45, 2.75) is 77.0 Å². The van der Waals surface area contributed by atoms with E-state index in [1.165, 1.54) is 109 Å². The van der Waals surface area contributed by atoms with Crippen molar-refractivity contribution in [3.63, 3.8) is 0 Å². The maximum Gasteiger partial charge on any atom is 0.0617 e. The Morgan fingerprint density at radius 3 is 2.07 bits per heavy atom. The molecule has 1 aromatic heterocycles. The normalized spacial score (nSPS) is 26.6. The van der Waals surface area contributed by atoms with Crippen LogP contribution in [0.1, 0.15) is 67.5 Å². The monoisotopic (exact) mass is 400 g/mol. The lowest BCUT2D eigenvalue weighted by molar-refractivity contribution is 0.110. The molecule has 5 heteroatoms. The lowest BCUT2D eigenvalue weighted by Crippen LogP contribution is -2.36. The molecule has 0 aromatic carbocycles. The van der Waals surface area contributed by atoms with Gasteiger partial charge in [0.1, 0.15) is 0 Å². The van der Waals surface area contributed by atoms with Crippen LogP contribution in [0.5, 0.6) is 0 Å². The highest BCUT2D eigenvalue weighted by Crippen LogP contribution is 2.29. The van der Waals surface area contributed by atoms with Crippen LogP contribution in [-0.4, -0.2) is 78.2 Å². The predicted molar refractivity (Wildman–Crippen MR) is 117 cm³/mol. The summed E-state index contributed by atoms with van der Waals surface area (Å²) in [6.07, 6.45) is 12.1. The second kappa shape index (κ2) is 9.51. The molecule has 5 nitrogen and oxygen atoms in total. The quantitative estimate of drug-likeness (QED) is 0.690. The van der Waals surface area contributed by atoms with Gasteiger partial charge < -0.3 is 14.6 Å². The van der Waals surface area contributed by atoms with E-state index < -0.39 is 0 Å². The van der Waals surface area contributed by atoms with Crippen LogP contribution in [-0.2, 0) is 30.7 Å². The van der Waals surface area contributed by atoms with E-state index in [0.717, 1.165) is 26.1 Å². The Kier molecular flexibility index (Phi) is 6.57. The molecule has 0 saturated carbocycles. The molecule has 0 radical (unpaired) electrons. The van der Waals surface area contributed by atoms with E-state index in [1.807, 2.05) is 0 Å². The smallest absolute Gasteiger partial charge is 0.0617 e. The molecule has 4 fully saturated rings. The number of aromatic nitrogens is 1. The van der Waals surface area contributed by atoms with Crippen molar-refractivity contribution in [2.24, 2.45) is 0 Å². The SMILES string of the molecule is C1COC(Cc2c(CN3CCC3)[nH]c(CCN3CCCC3)c2CN2CCCC2)C1. The van der Waals surface area contributed by atoms with Crippen LogP contribution in [0, 0.1) is 0 Å². The van der Waals surface area contributed by atoms with Crippen molar-refractivity contribution in [1.82, 2.24) is 19.7 Å². The van der Waals surface area contributed by atoms with E-state index in [-0.39, 0.29) is 0 Å². The lowest BCUT2D eigenvalue weighted by Gasteiger charge is -2.30. The van der Waals surface area contributed by atoms with Crippen LogP contribution in [0.3, 0.4) is 0 Å². The predicted octanol–water partition coefficient (Wildman–Crippen LogP) is 3.18. The number of hydrogen-bond donors (Lipinski definition) is 1. The average molecular weight is 401 g/mol. The van der Waals surface area contributed by atoms with E-state index in [2.05, 4.69) is 19.7 Å². The number of aromatic amines is 1. The van der Waals surface area contributed by atoms with Crippen LogP contribution in [0.2, 0.25) is 0 Å². The molecule has 162 valence electrons. The fourth-order valence-electron chi connectivity index (χ4n) is 5.72. The molecule has 0 spiro atoms. The Bertz CT molecular complexity index is 650. The molecule has 1 aromatic rings. The fourth-order valence-corrected chi connectivity index (χ4v) is 5.72. The molecular formula is C24H40N4O. The minimum absolute atomic E-state index is 0.435. The van der Waals surface area contributed by atoms with Gasteiger partial charge in [-0.3, -0.25) is 9.80 Å². The Balaban J connectivity index is 1.39. The molecule has 29 heavy (non-hydrogen) atoms. The first-order chi connectivity index (χ1) is 14.3. The first-order valence-electron chi connectivity index (χ1n) is 12.4. The molecule has 4 saturated heterocycles. The summed E-state index contributed by atoms with van der Waals surface area (Å²) in [5, 5.41) is 0. The molecule has 0 amide bonds. The number of nitrogens with one attached hydrogen (secondary N) is 1. The minimum atomic E-state index is 0.435. The molecule has 0 bridgehead atoms. The number of ether oxygens (including phenoxy) is 1. The van der Waals surface area contributed by atoms with Crippen molar-refractivity contribution in [1.29, 1.82) is 0 Å². The van der Waals surface area contributed by atoms with E-state index in [4.69, 9.17) is 4.74 Å². The molecule has 0 aliphatic carbocycles. The van der Waals surface area contributed by atoms with Crippen LogP contribution in [0.15, 0.2) is 0 Å². The van der Waals surface area contributed by atoms with Gasteiger partial charge in [-0.25, -0.2) is 0 Å². The standard InChI is InChI=1S/C24H40N4O/c1-2-10-26(9-1)15-8-23-22(18-27-11-3-4-12-27)21(17-20-7-5-16-29-20)24(25-23)19-28-13-6-14-28/h20,25H,1-19H2. The van der Waals surface area contributed by atoms with Gasteiger partial charge in [0.25, 0.3) is 0 Å². The van der Waals surface area contributed by atoms with E-state index in [9.17, 15) is 0 Å². The van der Waals surface area contributed by atoms with Gasteiger partial charge >= 0.3 is 0 Å². The van der Waals surface area contributed by atoms with Gasteiger partial charge in [0.2, 0.25) is 0 Å². The van der Waals surface area contributed by atoms with Gasteiger partial charge in [-0.15, -0.1) is 0 Å². The van der Waals surface area contributed by atoms with E-state index >= 15 is 0 Å². The maximum atomic E-state index is 6.08. The molecule has 5 heterocycles. The molecule has 4 aliphatic rings. The van der Waals surface area contributed by atoms with Crippen molar-refractivity contribution >= 4 is 0 Å². The fraction of sp³-hybridized carbons (Fsp3) is 0.833. The molecule has 5 rings (SSSR count).